The molecule has 0 unspecified atom stereocenters. The highest BCUT2D eigenvalue weighted by Crippen LogP contribution is 2.39. The molecular formula is C21H20FN7O2. The Morgan fingerprint density at radius 3 is 2.77 bits per heavy atom. The molecule has 1 amide bonds. The fourth-order valence-electron chi connectivity index (χ4n) is 3.25. The fourth-order valence-corrected chi connectivity index (χ4v) is 3.25. The Balaban J connectivity index is 1.71. The number of carbonyl (C=O) groups is 1. The first-order chi connectivity index (χ1) is 14.8. The number of hydrogen-bond acceptors (Lipinski definition) is 8. The zero-order valence-corrected chi connectivity index (χ0v) is 16.9. The van der Waals surface area contributed by atoms with Crippen LogP contribution in [0.2, 0.25) is 0 Å². The number of allylic oxidation sites excluding steroid dienone is 1. The maximum Gasteiger partial charge on any atom is 0.235 e. The van der Waals surface area contributed by atoms with Crippen LogP contribution in [0.25, 0.3) is 5.70 Å². The Morgan fingerprint density at radius 2 is 2.06 bits per heavy atom. The quantitative estimate of drug-likeness (QED) is 0.536. The van der Waals surface area contributed by atoms with Gasteiger partial charge in [0, 0.05) is 11.6 Å². The van der Waals surface area contributed by atoms with Crippen LogP contribution in [0.3, 0.4) is 0 Å². The first-order valence-electron chi connectivity index (χ1n) is 9.43. The summed E-state index contributed by atoms with van der Waals surface area (Å²) in [4.78, 5) is 25.3. The monoisotopic (exact) mass is 421 g/mol. The van der Waals surface area contributed by atoms with Gasteiger partial charge in [-0.1, -0.05) is 23.4 Å². The molecule has 9 nitrogen and oxygen atoms in total. The number of hydrogen-bond donors (Lipinski definition) is 3. The first-order valence-corrected chi connectivity index (χ1v) is 9.43. The molecule has 4 rings (SSSR count). The number of nitrogens with zero attached hydrogens (tertiary/aromatic N) is 4. The number of amides is 1. The van der Waals surface area contributed by atoms with Crippen LogP contribution in [0.15, 0.2) is 52.2 Å². The minimum Gasteiger partial charge on any atom is -0.396 e. The van der Waals surface area contributed by atoms with Gasteiger partial charge in [0.25, 0.3) is 0 Å². The van der Waals surface area contributed by atoms with Crippen molar-refractivity contribution < 1.29 is 13.7 Å². The molecule has 158 valence electrons. The van der Waals surface area contributed by atoms with Gasteiger partial charge in [-0.25, -0.2) is 14.4 Å². The second-order valence-corrected chi connectivity index (χ2v) is 7.51. The minimum atomic E-state index is -0.844. The van der Waals surface area contributed by atoms with E-state index in [2.05, 4.69) is 25.4 Å². The highest BCUT2D eigenvalue weighted by atomic mass is 19.1. The largest absolute Gasteiger partial charge is 0.396 e. The highest BCUT2D eigenvalue weighted by molar-refractivity contribution is 6.11. The van der Waals surface area contributed by atoms with Crippen LogP contribution in [0.1, 0.15) is 36.5 Å². The van der Waals surface area contributed by atoms with Crippen LogP contribution in [-0.4, -0.2) is 26.7 Å². The standard InChI is InChI=1S/C21H20FN7O2/c1-21(2)16-17(24)26-18(27-19(16)28-20(21)30)13(23)9-15(14-7-8-31-29-14)25-10-11-5-3-4-6-12(11)22/h3-9H,10,23H2,1-2H3,(H3,24,26,27,28,30). The number of fused-ring (bicyclic) bond motifs is 1. The summed E-state index contributed by atoms with van der Waals surface area (Å²) in [5, 5.41) is 6.59. The van der Waals surface area contributed by atoms with Gasteiger partial charge in [-0.05, 0) is 26.0 Å². The summed E-state index contributed by atoms with van der Waals surface area (Å²) in [5.74, 6) is 0.0103. The molecule has 0 saturated heterocycles. The number of halogens is 1. The number of rotatable bonds is 5. The van der Waals surface area contributed by atoms with Crippen LogP contribution >= 0.6 is 0 Å². The predicted octanol–water partition coefficient (Wildman–Crippen LogP) is 2.40. The summed E-state index contributed by atoms with van der Waals surface area (Å²) in [6, 6.07) is 7.94. The normalized spacial score (nSPS) is 15.6. The van der Waals surface area contributed by atoms with Gasteiger partial charge >= 0.3 is 0 Å². The van der Waals surface area contributed by atoms with E-state index < -0.39 is 5.41 Å². The molecule has 0 fully saturated rings. The molecule has 3 aromatic rings. The van der Waals surface area contributed by atoms with E-state index in [1.165, 1.54) is 18.4 Å². The van der Waals surface area contributed by atoms with Gasteiger partial charge in [0.2, 0.25) is 5.91 Å². The van der Waals surface area contributed by atoms with Crippen LogP contribution in [-0.2, 0) is 16.8 Å². The van der Waals surface area contributed by atoms with Gasteiger partial charge in [-0.3, -0.25) is 9.79 Å². The van der Waals surface area contributed by atoms with Crippen LogP contribution < -0.4 is 16.8 Å². The SMILES string of the molecule is CC1(C)C(=O)Nc2nc(C(N)=CC(=NCc3ccccc3F)c3ccon3)nc(N)c21. The van der Waals surface area contributed by atoms with Crippen LogP contribution in [0, 0.1) is 5.82 Å². The fraction of sp³-hybridized carbons (Fsp3) is 0.190. The summed E-state index contributed by atoms with van der Waals surface area (Å²) >= 11 is 0. The molecule has 5 N–H and O–H groups in total. The Kier molecular flexibility index (Phi) is 4.97. The number of nitrogens with one attached hydrogen (secondary N) is 1. The lowest BCUT2D eigenvalue weighted by Gasteiger charge is -2.16. The number of anilines is 2. The molecule has 0 saturated carbocycles. The van der Waals surface area contributed by atoms with Gasteiger partial charge in [0.1, 0.15) is 29.4 Å². The van der Waals surface area contributed by atoms with Gasteiger partial charge in [-0.15, -0.1) is 0 Å². The van der Waals surface area contributed by atoms with Crippen molar-refractivity contribution in [2.45, 2.75) is 25.8 Å². The van der Waals surface area contributed by atoms with Gasteiger partial charge in [0.15, 0.2) is 5.82 Å². The van der Waals surface area contributed by atoms with Crippen molar-refractivity contribution in [3.8, 4) is 0 Å². The van der Waals surface area contributed by atoms with Crippen molar-refractivity contribution in [3.63, 3.8) is 0 Å². The van der Waals surface area contributed by atoms with Crippen LogP contribution in [0.4, 0.5) is 16.0 Å². The minimum absolute atomic E-state index is 0.0656. The smallest absolute Gasteiger partial charge is 0.235 e. The number of nitrogen functional groups attached to an aromatic ring is 1. The lowest BCUT2D eigenvalue weighted by molar-refractivity contribution is -0.119. The summed E-state index contributed by atoms with van der Waals surface area (Å²) < 4.78 is 18.9. The van der Waals surface area contributed by atoms with E-state index in [4.69, 9.17) is 16.0 Å². The zero-order chi connectivity index (χ0) is 22.2. The first kappa shape index (κ1) is 20.2. The van der Waals surface area contributed by atoms with Crippen molar-refractivity contribution in [2.75, 3.05) is 11.1 Å². The van der Waals surface area contributed by atoms with Gasteiger partial charge in [-0.2, -0.15) is 0 Å². The Morgan fingerprint density at radius 1 is 1.29 bits per heavy atom. The summed E-state index contributed by atoms with van der Waals surface area (Å²) in [6.45, 7) is 3.55. The average Bonchev–Trinajstić information content (AvgIpc) is 3.33. The van der Waals surface area contributed by atoms with Gasteiger partial charge in [0.05, 0.1) is 28.9 Å². The third kappa shape index (κ3) is 3.75. The number of benzene rings is 1. The molecular weight excluding hydrogens is 401 g/mol. The molecule has 0 spiro atoms. The van der Waals surface area contributed by atoms with Crippen LogP contribution in [0.5, 0.6) is 0 Å². The van der Waals surface area contributed by atoms with Crippen molar-refractivity contribution in [1.29, 1.82) is 0 Å². The number of aromatic nitrogens is 3. The third-order valence-electron chi connectivity index (χ3n) is 4.99. The van der Waals surface area contributed by atoms with E-state index >= 15 is 0 Å². The second-order valence-electron chi connectivity index (χ2n) is 7.51. The maximum absolute atomic E-state index is 14.0. The number of aliphatic imine (C=N–C) groups is 1. The van der Waals surface area contributed by atoms with Crippen molar-refractivity contribution in [2.24, 2.45) is 10.7 Å². The molecule has 1 aliphatic rings. The molecule has 0 radical (unpaired) electrons. The topological polar surface area (TPSA) is 145 Å². The van der Waals surface area contributed by atoms with E-state index in [-0.39, 0.29) is 35.6 Å². The van der Waals surface area contributed by atoms with E-state index in [9.17, 15) is 9.18 Å². The molecule has 31 heavy (non-hydrogen) atoms. The Bertz CT molecular complexity index is 1220. The van der Waals surface area contributed by atoms with Crippen molar-refractivity contribution >= 4 is 29.0 Å². The molecule has 2 aromatic heterocycles. The molecule has 3 heterocycles. The van der Waals surface area contributed by atoms with Gasteiger partial charge < -0.3 is 21.3 Å². The van der Waals surface area contributed by atoms with Crippen molar-refractivity contribution in [3.05, 3.63) is 71.1 Å². The molecule has 10 heteroatoms. The molecule has 0 aliphatic carbocycles. The summed E-state index contributed by atoms with van der Waals surface area (Å²) in [5.41, 5.74) is 13.3. The Labute approximate surface area is 177 Å². The molecule has 1 aromatic carbocycles. The number of carbonyl (C=O) groups excluding carboxylic acids is 1. The number of nitrogens with two attached hydrogens (primary N) is 2. The van der Waals surface area contributed by atoms with E-state index in [0.717, 1.165) is 0 Å². The van der Waals surface area contributed by atoms with E-state index in [1.54, 1.807) is 38.1 Å². The molecule has 0 atom stereocenters. The molecule has 0 bridgehead atoms. The second kappa shape index (κ2) is 7.63. The summed E-state index contributed by atoms with van der Waals surface area (Å²) in [6.07, 6.45) is 2.89. The van der Waals surface area contributed by atoms with Crippen molar-refractivity contribution in [1.82, 2.24) is 15.1 Å². The lowest BCUT2D eigenvalue weighted by Crippen LogP contribution is -2.27. The average molecular weight is 421 g/mol. The third-order valence-corrected chi connectivity index (χ3v) is 4.99. The highest BCUT2D eigenvalue weighted by Gasteiger charge is 2.42. The summed E-state index contributed by atoms with van der Waals surface area (Å²) in [7, 11) is 0. The lowest BCUT2D eigenvalue weighted by atomic mass is 9.87. The molecule has 1 aliphatic heterocycles. The predicted molar refractivity (Wildman–Crippen MR) is 113 cm³/mol. The Hall–Kier alpha value is -4.08. The maximum atomic E-state index is 14.0. The van der Waals surface area contributed by atoms with E-state index in [1.807, 2.05) is 0 Å². The zero-order valence-electron chi connectivity index (χ0n) is 16.9. The van der Waals surface area contributed by atoms with E-state index in [0.29, 0.717) is 28.4 Å².